The molecule has 0 unspecified atom stereocenters. The zero-order valence-electron chi connectivity index (χ0n) is 17.4. The van der Waals surface area contributed by atoms with E-state index in [1.165, 1.54) is 11.1 Å². The van der Waals surface area contributed by atoms with Crippen LogP contribution in [0.2, 0.25) is 0 Å². The summed E-state index contributed by atoms with van der Waals surface area (Å²) in [5.74, 6) is 1.37. The summed E-state index contributed by atoms with van der Waals surface area (Å²) in [4.78, 5) is 0. The molecule has 0 saturated carbocycles. The van der Waals surface area contributed by atoms with Gasteiger partial charge in [-0.25, -0.2) is 0 Å². The molecule has 0 radical (unpaired) electrons. The molecular weight excluding hydrogens is 384 g/mol. The van der Waals surface area contributed by atoms with Crippen molar-refractivity contribution in [2.45, 2.75) is 27.3 Å². The lowest BCUT2D eigenvalue weighted by atomic mass is 10.1. The maximum absolute atomic E-state index is 5.52. The molecule has 2 aromatic carbocycles. The quantitative estimate of drug-likeness (QED) is 0.575. The number of aromatic nitrogens is 2. The highest BCUT2D eigenvalue weighted by atomic mass is 32.1. The number of anilines is 2. The minimum Gasteiger partial charge on any atom is -0.497 e. The number of nitrogens with zero attached hydrogens (tertiary/aromatic N) is 2. The summed E-state index contributed by atoms with van der Waals surface area (Å²) < 4.78 is 12.7. The van der Waals surface area contributed by atoms with E-state index in [1.807, 2.05) is 42.8 Å². The van der Waals surface area contributed by atoms with Gasteiger partial charge in [0.25, 0.3) is 0 Å². The summed E-state index contributed by atoms with van der Waals surface area (Å²) in [5.41, 5.74) is 6.07. The van der Waals surface area contributed by atoms with E-state index in [1.54, 1.807) is 14.2 Å². The van der Waals surface area contributed by atoms with Gasteiger partial charge in [-0.15, -0.1) is 0 Å². The molecule has 0 aliphatic heterocycles. The number of nitrogens with one attached hydrogen (secondary N) is 2. The van der Waals surface area contributed by atoms with E-state index in [2.05, 4.69) is 40.9 Å². The van der Waals surface area contributed by atoms with Crippen molar-refractivity contribution in [3.63, 3.8) is 0 Å². The molecule has 0 aliphatic carbocycles. The maximum Gasteiger partial charge on any atom is 0.175 e. The van der Waals surface area contributed by atoms with Crippen molar-refractivity contribution in [1.29, 1.82) is 0 Å². The van der Waals surface area contributed by atoms with Gasteiger partial charge in [0.15, 0.2) is 5.11 Å². The Morgan fingerprint density at radius 3 is 2.48 bits per heavy atom. The van der Waals surface area contributed by atoms with Crippen LogP contribution >= 0.6 is 12.2 Å². The first-order chi connectivity index (χ1) is 13.9. The van der Waals surface area contributed by atoms with Crippen LogP contribution in [0.15, 0.2) is 42.5 Å². The van der Waals surface area contributed by atoms with Gasteiger partial charge in [-0.1, -0.05) is 24.3 Å². The highest BCUT2D eigenvalue weighted by molar-refractivity contribution is 7.80. The van der Waals surface area contributed by atoms with Crippen LogP contribution < -0.4 is 20.1 Å². The van der Waals surface area contributed by atoms with Crippen LogP contribution in [0.1, 0.15) is 22.5 Å². The number of hydrogen-bond donors (Lipinski definition) is 2. The van der Waals surface area contributed by atoms with Gasteiger partial charge >= 0.3 is 0 Å². The van der Waals surface area contributed by atoms with E-state index in [4.69, 9.17) is 21.7 Å². The number of thiocarbonyl (C=S) groups is 1. The van der Waals surface area contributed by atoms with Crippen molar-refractivity contribution >= 4 is 28.7 Å². The van der Waals surface area contributed by atoms with E-state index in [0.29, 0.717) is 17.4 Å². The number of aryl methyl sites for hydroxylation is 2. The summed E-state index contributed by atoms with van der Waals surface area (Å²) in [6.45, 7) is 6.84. The van der Waals surface area contributed by atoms with Crippen molar-refractivity contribution in [2.24, 2.45) is 0 Å². The van der Waals surface area contributed by atoms with Gasteiger partial charge in [0.1, 0.15) is 11.5 Å². The van der Waals surface area contributed by atoms with Crippen LogP contribution in [0.5, 0.6) is 11.5 Å². The number of ether oxygens (including phenoxy) is 2. The third kappa shape index (κ3) is 4.68. The summed E-state index contributed by atoms with van der Waals surface area (Å²) in [5, 5.41) is 11.6. The van der Waals surface area contributed by atoms with Crippen molar-refractivity contribution in [2.75, 3.05) is 24.9 Å². The summed E-state index contributed by atoms with van der Waals surface area (Å²) >= 11 is 5.52. The van der Waals surface area contributed by atoms with Crippen LogP contribution in [0.4, 0.5) is 11.4 Å². The van der Waals surface area contributed by atoms with Crippen molar-refractivity contribution in [3.8, 4) is 11.5 Å². The predicted molar refractivity (Wildman–Crippen MR) is 121 cm³/mol. The van der Waals surface area contributed by atoms with Crippen molar-refractivity contribution < 1.29 is 9.47 Å². The second kappa shape index (κ2) is 8.96. The van der Waals surface area contributed by atoms with E-state index in [0.717, 1.165) is 28.5 Å². The molecule has 1 heterocycles. The van der Waals surface area contributed by atoms with Crippen LogP contribution in [0.25, 0.3) is 0 Å². The molecule has 3 rings (SSSR count). The van der Waals surface area contributed by atoms with Crippen LogP contribution in [0, 0.1) is 20.8 Å². The van der Waals surface area contributed by atoms with Gasteiger partial charge in [-0.2, -0.15) is 5.10 Å². The first-order valence-corrected chi connectivity index (χ1v) is 9.72. The molecule has 0 aliphatic rings. The zero-order chi connectivity index (χ0) is 21.0. The SMILES string of the molecule is COc1ccc(NC(=S)Nc2c(C)nn(Cc3ccccc3C)c2C)c(OC)c1. The topological polar surface area (TPSA) is 60.3 Å². The van der Waals surface area contributed by atoms with Gasteiger partial charge in [0.05, 0.1) is 43.5 Å². The average molecular weight is 411 g/mol. The lowest BCUT2D eigenvalue weighted by molar-refractivity contribution is 0.395. The summed E-state index contributed by atoms with van der Waals surface area (Å²) in [6.07, 6.45) is 0. The maximum atomic E-state index is 5.52. The van der Waals surface area contributed by atoms with Gasteiger partial charge in [0.2, 0.25) is 0 Å². The first kappa shape index (κ1) is 20.7. The first-order valence-electron chi connectivity index (χ1n) is 9.31. The molecule has 0 amide bonds. The molecule has 6 nitrogen and oxygen atoms in total. The van der Waals surface area contributed by atoms with E-state index < -0.39 is 0 Å². The standard InChI is InChI=1S/C22H26N4O2S/c1-14-8-6-7-9-17(14)13-26-16(3)21(15(2)25-26)24-22(29)23-19-11-10-18(27-4)12-20(19)28-5/h6-12H,13H2,1-5H3,(H2,23,24,29). The predicted octanol–water partition coefficient (Wildman–Crippen LogP) is 4.68. The third-order valence-corrected chi connectivity index (χ3v) is 5.06. The van der Waals surface area contributed by atoms with E-state index >= 15 is 0 Å². The summed E-state index contributed by atoms with van der Waals surface area (Å²) in [7, 11) is 3.23. The van der Waals surface area contributed by atoms with Gasteiger partial charge < -0.3 is 20.1 Å². The Balaban J connectivity index is 1.76. The lowest BCUT2D eigenvalue weighted by Crippen LogP contribution is -2.20. The van der Waals surface area contributed by atoms with Crippen LogP contribution in [-0.4, -0.2) is 29.1 Å². The van der Waals surface area contributed by atoms with Gasteiger partial charge in [-0.05, 0) is 56.2 Å². The average Bonchev–Trinajstić information content (AvgIpc) is 2.97. The largest absolute Gasteiger partial charge is 0.497 e. The fraction of sp³-hybridized carbons (Fsp3) is 0.273. The smallest absolute Gasteiger partial charge is 0.175 e. The zero-order valence-corrected chi connectivity index (χ0v) is 18.2. The molecule has 152 valence electrons. The number of benzene rings is 2. The van der Waals surface area contributed by atoms with E-state index in [-0.39, 0.29) is 0 Å². The molecule has 3 aromatic rings. The monoisotopic (exact) mass is 410 g/mol. The molecule has 29 heavy (non-hydrogen) atoms. The normalized spacial score (nSPS) is 10.5. The summed E-state index contributed by atoms with van der Waals surface area (Å²) in [6, 6.07) is 13.9. The fourth-order valence-electron chi connectivity index (χ4n) is 3.15. The molecule has 0 atom stereocenters. The fourth-order valence-corrected chi connectivity index (χ4v) is 3.36. The highest BCUT2D eigenvalue weighted by Gasteiger charge is 2.14. The van der Waals surface area contributed by atoms with E-state index in [9.17, 15) is 0 Å². The van der Waals surface area contributed by atoms with Crippen LogP contribution in [0.3, 0.4) is 0 Å². The third-order valence-electron chi connectivity index (χ3n) is 4.86. The lowest BCUT2D eigenvalue weighted by Gasteiger charge is -2.14. The minimum atomic E-state index is 0.468. The Bertz CT molecular complexity index is 1030. The second-order valence-electron chi connectivity index (χ2n) is 6.78. The highest BCUT2D eigenvalue weighted by Crippen LogP contribution is 2.29. The molecule has 0 fully saturated rings. The Hall–Kier alpha value is -3.06. The molecule has 0 saturated heterocycles. The molecule has 0 bridgehead atoms. The van der Waals surface area contributed by atoms with Crippen molar-refractivity contribution in [1.82, 2.24) is 9.78 Å². The second-order valence-corrected chi connectivity index (χ2v) is 7.18. The Kier molecular flexibility index (Phi) is 6.39. The van der Waals surface area contributed by atoms with Crippen LogP contribution in [-0.2, 0) is 6.54 Å². The Labute approximate surface area is 176 Å². The molecule has 2 N–H and O–H groups in total. The number of rotatable bonds is 6. The molecular formula is C22H26N4O2S. The Morgan fingerprint density at radius 2 is 1.79 bits per heavy atom. The minimum absolute atomic E-state index is 0.468. The van der Waals surface area contributed by atoms with Crippen molar-refractivity contribution in [3.05, 3.63) is 65.0 Å². The molecule has 1 aromatic heterocycles. The molecule has 0 spiro atoms. The molecule has 7 heteroatoms. The number of methoxy groups -OCH3 is 2. The van der Waals surface area contributed by atoms with Gasteiger partial charge in [0, 0.05) is 6.07 Å². The van der Waals surface area contributed by atoms with Gasteiger partial charge in [-0.3, -0.25) is 4.68 Å². The Morgan fingerprint density at radius 1 is 1.03 bits per heavy atom. The number of hydrogen-bond acceptors (Lipinski definition) is 4.